The van der Waals surface area contributed by atoms with Crippen LogP contribution in [-0.2, 0) is 19.6 Å². The van der Waals surface area contributed by atoms with Gasteiger partial charge in [0.15, 0.2) is 0 Å². The minimum atomic E-state index is -3.46. The highest BCUT2D eigenvalue weighted by atomic mass is 35.5. The van der Waals surface area contributed by atoms with Gasteiger partial charge in [0.25, 0.3) is 10.0 Å². The highest BCUT2D eigenvalue weighted by Gasteiger charge is 2.53. The Balaban J connectivity index is 1.32. The normalized spacial score (nSPS) is 27.4. The van der Waals surface area contributed by atoms with Crippen molar-refractivity contribution in [2.45, 2.75) is 36.0 Å². The van der Waals surface area contributed by atoms with E-state index in [0.717, 1.165) is 37.0 Å². The first-order chi connectivity index (χ1) is 11.9. The van der Waals surface area contributed by atoms with E-state index in [2.05, 4.69) is 4.90 Å². The maximum absolute atomic E-state index is 12.6. The zero-order valence-corrected chi connectivity index (χ0v) is 16.2. The van der Waals surface area contributed by atoms with Crippen LogP contribution in [0.4, 0.5) is 0 Å². The summed E-state index contributed by atoms with van der Waals surface area (Å²) in [7, 11) is -3.46. The molecule has 4 rings (SSSR count). The molecular formula is C16H21ClN2O4S2. The Kier molecular flexibility index (Phi) is 4.60. The first-order valence-corrected chi connectivity index (χ1v) is 11.2. The maximum Gasteiger partial charge on any atom is 0.312 e. The molecule has 3 aliphatic rings. The van der Waals surface area contributed by atoms with Crippen molar-refractivity contribution in [1.29, 1.82) is 0 Å². The van der Waals surface area contributed by atoms with Crippen LogP contribution in [0.1, 0.15) is 25.7 Å². The van der Waals surface area contributed by atoms with Gasteiger partial charge in [0, 0.05) is 39.1 Å². The monoisotopic (exact) mass is 404 g/mol. The number of carbonyl (C=O) groups is 1. The molecule has 3 fully saturated rings. The summed E-state index contributed by atoms with van der Waals surface area (Å²) in [5.41, 5.74) is -0.200. The fourth-order valence-corrected chi connectivity index (χ4v) is 7.01. The number of hydrogen-bond acceptors (Lipinski definition) is 6. The minimum Gasteiger partial charge on any atom is -0.461 e. The molecule has 6 nitrogen and oxygen atoms in total. The molecule has 1 atom stereocenters. The van der Waals surface area contributed by atoms with Gasteiger partial charge in [0.2, 0.25) is 0 Å². The molecule has 2 saturated heterocycles. The molecular weight excluding hydrogens is 384 g/mol. The van der Waals surface area contributed by atoms with Gasteiger partial charge in [0.05, 0.1) is 9.75 Å². The lowest BCUT2D eigenvalue weighted by Crippen LogP contribution is -2.50. The van der Waals surface area contributed by atoms with Crippen molar-refractivity contribution >= 4 is 38.9 Å². The van der Waals surface area contributed by atoms with Crippen LogP contribution in [0.15, 0.2) is 16.3 Å². The number of rotatable bonds is 4. The highest BCUT2D eigenvalue weighted by molar-refractivity contribution is 7.91. The zero-order chi connectivity index (χ0) is 17.7. The molecule has 3 heterocycles. The van der Waals surface area contributed by atoms with Gasteiger partial charge in [-0.3, -0.25) is 9.69 Å². The van der Waals surface area contributed by atoms with Gasteiger partial charge in [-0.2, -0.15) is 4.31 Å². The Labute approximate surface area is 156 Å². The second-order valence-electron chi connectivity index (χ2n) is 7.13. The number of halogens is 1. The van der Waals surface area contributed by atoms with Gasteiger partial charge >= 0.3 is 5.97 Å². The van der Waals surface area contributed by atoms with Gasteiger partial charge in [-0.25, -0.2) is 8.42 Å². The lowest BCUT2D eigenvalue weighted by molar-refractivity contribution is -0.152. The lowest BCUT2D eigenvalue weighted by atomic mass is 9.67. The number of piperazine rings is 1. The second-order valence-corrected chi connectivity index (χ2v) is 11.0. The van der Waals surface area contributed by atoms with Crippen LogP contribution in [0, 0.1) is 5.41 Å². The lowest BCUT2D eigenvalue weighted by Gasteiger charge is -2.35. The average molecular weight is 405 g/mol. The molecule has 0 amide bonds. The summed E-state index contributed by atoms with van der Waals surface area (Å²) in [5, 5.41) is 0. The summed E-state index contributed by atoms with van der Waals surface area (Å²) in [6.45, 7) is 2.90. The molecule has 2 aliphatic heterocycles. The van der Waals surface area contributed by atoms with E-state index >= 15 is 0 Å². The molecule has 138 valence electrons. The molecule has 0 aromatic carbocycles. The third kappa shape index (κ3) is 3.23. The number of carbonyl (C=O) groups excluding carboxylic acids is 1. The Morgan fingerprint density at radius 1 is 1.24 bits per heavy atom. The largest absolute Gasteiger partial charge is 0.461 e. The molecule has 1 aliphatic carbocycles. The van der Waals surface area contributed by atoms with Crippen molar-refractivity contribution in [3.8, 4) is 0 Å². The Morgan fingerprint density at radius 2 is 1.96 bits per heavy atom. The van der Waals surface area contributed by atoms with Crippen molar-refractivity contribution < 1.29 is 17.9 Å². The second kappa shape index (κ2) is 6.49. The van der Waals surface area contributed by atoms with Gasteiger partial charge in [-0.15, -0.1) is 11.3 Å². The number of hydrogen-bond donors (Lipinski definition) is 0. The van der Waals surface area contributed by atoms with Crippen LogP contribution >= 0.6 is 22.9 Å². The highest BCUT2D eigenvalue weighted by Crippen LogP contribution is 2.50. The van der Waals surface area contributed by atoms with Gasteiger partial charge in [0.1, 0.15) is 10.3 Å². The van der Waals surface area contributed by atoms with Crippen LogP contribution in [0.5, 0.6) is 0 Å². The van der Waals surface area contributed by atoms with Crippen molar-refractivity contribution in [2.24, 2.45) is 5.41 Å². The maximum atomic E-state index is 12.6. The van der Waals surface area contributed by atoms with E-state index in [1.54, 1.807) is 12.1 Å². The van der Waals surface area contributed by atoms with E-state index in [0.29, 0.717) is 41.3 Å². The van der Waals surface area contributed by atoms with E-state index in [9.17, 15) is 13.2 Å². The number of thiophene rings is 1. The SMILES string of the molecule is O=C1OC(CN2CCN(S(=O)(=O)c3ccc(Cl)s3)CC2)CC12CCC2. The minimum absolute atomic E-state index is 0.0282. The number of ether oxygens (including phenoxy) is 1. The molecule has 1 saturated carbocycles. The standard InChI is InChI=1S/C16H21ClN2O4S2/c17-13-2-3-14(24-13)25(21,22)19-8-6-18(7-9-19)11-12-10-16(4-1-5-16)15(20)23-12/h2-3,12H,1,4-11H2. The molecule has 9 heteroatoms. The molecule has 1 aromatic heterocycles. The van der Waals surface area contributed by atoms with E-state index < -0.39 is 10.0 Å². The number of cyclic esters (lactones) is 1. The van der Waals surface area contributed by atoms with E-state index in [-0.39, 0.29) is 17.5 Å². The van der Waals surface area contributed by atoms with Crippen LogP contribution < -0.4 is 0 Å². The molecule has 1 aromatic rings. The third-order valence-electron chi connectivity index (χ3n) is 5.57. The predicted octanol–water partition coefficient (Wildman–Crippen LogP) is 2.19. The summed E-state index contributed by atoms with van der Waals surface area (Å²) in [4.78, 5) is 14.2. The Morgan fingerprint density at radius 3 is 2.48 bits per heavy atom. The molecule has 0 radical (unpaired) electrons. The van der Waals surface area contributed by atoms with E-state index in [4.69, 9.17) is 16.3 Å². The fraction of sp³-hybridized carbons (Fsp3) is 0.688. The molecule has 1 spiro atoms. The fourth-order valence-electron chi connectivity index (χ4n) is 3.95. The summed E-state index contributed by atoms with van der Waals surface area (Å²) in [5.74, 6) is -0.0282. The quantitative estimate of drug-likeness (QED) is 0.719. The first-order valence-electron chi connectivity index (χ1n) is 8.58. The average Bonchev–Trinajstić information content (AvgIpc) is 3.11. The number of esters is 1. The number of nitrogens with zero attached hydrogens (tertiary/aromatic N) is 2. The van der Waals surface area contributed by atoms with E-state index in [1.807, 2.05) is 0 Å². The molecule has 25 heavy (non-hydrogen) atoms. The van der Waals surface area contributed by atoms with Crippen molar-refractivity contribution in [2.75, 3.05) is 32.7 Å². The van der Waals surface area contributed by atoms with Crippen LogP contribution in [0.25, 0.3) is 0 Å². The summed E-state index contributed by atoms with van der Waals surface area (Å²) in [6.07, 6.45) is 3.80. The molecule has 1 unspecified atom stereocenters. The van der Waals surface area contributed by atoms with Crippen molar-refractivity contribution in [3.05, 3.63) is 16.5 Å². The van der Waals surface area contributed by atoms with Crippen LogP contribution in [0.2, 0.25) is 4.34 Å². The summed E-state index contributed by atoms with van der Waals surface area (Å²) in [6, 6.07) is 3.17. The Bertz CT molecular complexity index is 767. The van der Waals surface area contributed by atoms with Crippen molar-refractivity contribution in [1.82, 2.24) is 9.21 Å². The van der Waals surface area contributed by atoms with Crippen molar-refractivity contribution in [3.63, 3.8) is 0 Å². The Hall–Kier alpha value is -0.670. The van der Waals surface area contributed by atoms with Gasteiger partial charge < -0.3 is 4.74 Å². The smallest absolute Gasteiger partial charge is 0.312 e. The molecule has 0 N–H and O–H groups in total. The van der Waals surface area contributed by atoms with Crippen LogP contribution in [-0.4, -0.2) is 62.4 Å². The summed E-state index contributed by atoms with van der Waals surface area (Å²) < 4.78 is 33.1. The summed E-state index contributed by atoms with van der Waals surface area (Å²) >= 11 is 6.95. The van der Waals surface area contributed by atoms with Gasteiger partial charge in [-0.05, 0) is 25.0 Å². The predicted molar refractivity (Wildman–Crippen MR) is 95.3 cm³/mol. The zero-order valence-electron chi connectivity index (χ0n) is 13.8. The third-order valence-corrected chi connectivity index (χ3v) is 9.17. The number of sulfonamides is 1. The van der Waals surface area contributed by atoms with Crippen LogP contribution in [0.3, 0.4) is 0 Å². The van der Waals surface area contributed by atoms with E-state index in [1.165, 1.54) is 4.31 Å². The first kappa shape index (κ1) is 17.7. The topological polar surface area (TPSA) is 66.9 Å². The van der Waals surface area contributed by atoms with Gasteiger partial charge in [-0.1, -0.05) is 18.0 Å². The molecule has 0 bridgehead atoms.